The van der Waals surface area contributed by atoms with Crippen molar-refractivity contribution in [3.8, 4) is 39.4 Å². The molecule has 0 aliphatic rings. The van der Waals surface area contributed by atoms with E-state index in [1.807, 2.05) is 30.3 Å². The van der Waals surface area contributed by atoms with E-state index in [4.69, 9.17) is 21.3 Å². The number of methoxy groups -OCH3 is 1. The third-order valence-corrected chi connectivity index (χ3v) is 6.43. The Morgan fingerprint density at radius 2 is 1.29 bits per heavy atom. The van der Waals surface area contributed by atoms with Crippen LogP contribution >= 0.6 is 11.6 Å². The van der Waals surface area contributed by atoms with Gasteiger partial charge in [-0.25, -0.2) is 4.98 Å². The van der Waals surface area contributed by atoms with Crippen molar-refractivity contribution in [3.05, 3.63) is 131 Å². The minimum atomic E-state index is 0.720. The first-order valence-corrected chi connectivity index (χ1v) is 12.0. The summed E-state index contributed by atoms with van der Waals surface area (Å²) in [6.45, 7) is 2.10. The van der Waals surface area contributed by atoms with Gasteiger partial charge in [0.05, 0.1) is 18.5 Å². The van der Waals surface area contributed by atoms with Crippen molar-refractivity contribution in [2.75, 3.05) is 7.11 Å². The van der Waals surface area contributed by atoms with Crippen LogP contribution in [0.2, 0.25) is 5.02 Å². The highest BCUT2D eigenvalue weighted by Crippen LogP contribution is 2.37. The van der Waals surface area contributed by atoms with Gasteiger partial charge < -0.3 is 4.74 Å². The molecule has 3 heteroatoms. The Morgan fingerprint density at radius 3 is 1.94 bits per heavy atom. The molecule has 0 spiro atoms. The number of nitrogens with zero attached hydrogens (tertiary/aromatic N) is 1. The van der Waals surface area contributed by atoms with E-state index in [1.165, 1.54) is 16.7 Å². The Labute approximate surface area is 211 Å². The van der Waals surface area contributed by atoms with Crippen LogP contribution in [-0.2, 0) is 6.42 Å². The van der Waals surface area contributed by atoms with Crippen LogP contribution in [0.5, 0.6) is 5.75 Å². The Morgan fingerprint density at radius 1 is 0.686 bits per heavy atom. The van der Waals surface area contributed by atoms with E-state index >= 15 is 0 Å². The summed E-state index contributed by atoms with van der Waals surface area (Å²) in [6, 6.07) is 37.5. The van der Waals surface area contributed by atoms with E-state index in [2.05, 4.69) is 85.8 Å². The summed E-state index contributed by atoms with van der Waals surface area (Å²) in [4.78, 5) is 5.32. The van der Waals surface area contributed by atoms with Crippen LogP contribution < -0.4 is 4.74 Å². The lowest BCUT2D eigenvalue weighted by Gasteiger charge is -2.17. The number of aryl methyl sites for hydroxylation is 1. The lowest BCUT2D eigenvalue weighted by Crippen LogP contribution is -2.00. The monoisotopic (exact) mass is 475 g/mol. The molecule has 2 nitrogen and oxygen atoms in total. The van der Waals surface area contributed by atoms with Crippen LogP contribution in [0.3, 0.4) is 0 Å². The third kappa shape index (κ3) is 5.13. The highest BCUT2D eigenvalue weighted by molar-refractivity contribution is 6.30. The molecule has 0 aliphatic heterocycles. The van der Waals surface area contributed by atoms with Crippen molar-refractivity contribution in [2.45, 2.75) is 13.3 Å². The maximum atomic E-state index is 6.22. The van der Waals surface area contributed by atoms with Crippen molar-refractivity contribution in [3.63, 3.8) is 0 Å². The van der Waals surface area contributed by atoms with Gasteiger partial charge in [0.25, 0.3) is 0 Å². The predicted octanol–water partition coefficient (Wildman–Crippen LogP) is 8.64. The van der Waals surface area contributed by atoms with E-state index < -0.39 is 0 Å². The van der Waals surface area contributed by atoms with E-state index in [1.54, 1.807) is 7.11 Å². The average molecular weight is 476 g/mol. The maximum Gasteiger partial charge on any atom is 0.118 e. The largest absolute Gasteiger partial charge is 0.497 e. The second-order valence-corrected chi connectivity index (χ2v) is 9.09. The fourth-order valence-corrected chi connectivity index (χ4v) is 4.41. The zero-order chi connectivity index (χ0) is 24.2. The number of hydrogen-bond donors (Lipinski definition) is 0. The van der Waals surface area contributed by atoms with E-state index in [-0.39, 0.29) is 0 Å². The average Bonchev–Trinajstić information content (AvgIpc) is 2.90. The van der Waals surface area contributed by atoms with Crippen LogP contribution in [0.1, 0.15) is 16.7 Å². The first-order chi connectivity index (χ1) is 17.1. The molecule has 0 saturated heterocycles. The summed E-state index contributed by atoms with van der Waals surface area (Å²) in [7, 11) is 1.69. The Balaban J connectivity index is 1.75. The number of aromatic nitrogens is 1. The summed E-state index contributed by atoms with van der Waals surface area (Å²) in [6.07, 6.45) is 0.782. The number of ether oxygens (including phenoxy) is 1. The normalized spacial score (nSPS) is 10.8. The summed E-state index contributed by atoms with van der Waals surface area (Å²) >= 11 is 6.22. The molecule has 0 unspecified atom stereocenters. The van der Waals surface area contributed by atoms with Gasteiger partial charge in [0.1, 0.15) is 5.75 Å². The molecule has 1 heterocycles. The van der Waals surface area contributed by atoms with Gasteiger partial charge in [-0.1, -0.05) is 83.9 Å². The van der Waals surface area contributed by atoms with E-state index in [0.717, 1.165) is 50.8 Å². The number of pyridine rings is 1. The van der Waals surface area contributed by atoms with E-state index in [9.17, 15) is 0 Å². The second kappa shape index (κ2) is 10.2. The van der Waals surface area contributed by atoms with Gasteiger partial charge >= 0.3 is 0 Å². The van der Waals surface area contributed by atoms with E-state index in [0.29, 0.717) is 0 Å². The predicted molar refractivity (Wildman–Crippen MR) is 146 cm³/mol. The second-order valence-electron chi connectivity index (χ2n) is 8.66. The first kappa shape index (κ1) is 22.9. The number of benzene rings is 4. The minimum Gasteiger partial charge on any atom is -0.497 e. The summed E-state index contributed by atoms with van der Waals surface area (Å²) < 4.78 is 5.39. The summed E-state index contributed by atoms with van der Waals surface area (Å²) in [5.41, 5.74) is 9.89. The van der Waals surface area contributed by atoms with Crippen LogP contribution in [0.15, 0.2) is 109 Å². The topological polar surface area (TPSA) is 22.1 Å². The molecule has 0 bridgehead atoms. The van der Waals surface area contributed by atoms with Crippen LogP contribution in [-0.4, -0.2) is 12.1 Å². The van der Waals surface area contributed by atoms with Crippen molar-refractivity contribution in [2.24, 2.45) is 0 Å². The smallest absolute Gasteiger partial charge is 0.118 e. The molecule has 5 aromatic rings. The fraction of sp³-hybridized carbons (Fsp3) is 0.0938. The zero-order valence-electron chi connectivity index (χ0n) is 19.8. The van der Waals surface area contributed by atoms with Crippen molar-refractivity contribution in [1.82, 2.24) is 4.98 Å². The van der Waals surface area contributed by atoms with Gasteiger partial charge in [0.15, 0.2) is 0 Å². The Hall–Kier alpha value is -3.88. The Kier molecular flexibility index (Phi) is 6.65. The van der Waals surface area contributed by atoms with Gasteiger partial charge in [0, 0.05) is 21.7 Å². The molecule has 0 fully saturated rings. The van der Waals surface area contributed by atoms with Crippen LogP contribution in [0, 0.1) is 6.92 Å². The molecule has 1 aromatic heterocycles. The van der Waals surface area contributed by atoms with Gasteiger partial charge in [-0.15, -0.1) is 0 Å². The van der Waals surface area contributed by atoms with Crippen LogP contribution in [0.25, 0.3) is 33.6 Å². The lowest BCUT2D eigenvalue weighted by molar-refractivity contribution is 0.415. The molecular formula is C32H26ClNO. The summed E-state index contributed by atoms with van der Waals surface area (Å²) in [5, 5.41) is 0.720. The quantitative estimate of drug-likeness (QED) is 0.245. The van der Waals surface area contributed by atoms with Gasteiger partial charge in [-0.3, -0.25) is 0 Å². The highest BCUT2D eigenvalue weighted by Gasteiger charge is 2.17. The van der Waals surface area contributed by atoms with Crippen molar-refractivity contribution < 1.29 is 4.74 Å². The molecule has 35 heavy (non-hydrogen) atoms. The van der Waals surface area contributed by atoms with Crippen molar-refractivity contribution >= 4 is 11.6 Å². The molecule has 0 atom stereocenters. The number of halogens is 1. The van der Waals surface area contributed by atoms with Crippen molar-refractivity contribution in [1.29, 1.82) is 0 Å². The minimum absolute atomic E-state index is 0.720. The molecule has 0 saturated carbocycles. The molecule has 0 radical (unpaired) electrons. The fourth-order valence-electron chi connectivity index (χ4n) is 4.29. The Bertz CT molecular complexity index is 1420. The molecule has 4 aromatic carbocycles. The number of hydrogen-bond acceptors (Lipinski definition) is 2. The molecule has 172 valence electrons. The van der Waals surface area contributed by atoms with Crippen LogP contribution in [0.4, 0.5) is 0 Å². The van der Waals surface area contributed by atoms with Gasteiger partial charge in [0.2, 0.25) is 0 Å². The highest BCUT2D eigenvalue weighted by atomic mass is 35.5. The molecule has 5 rings (SSSR count). The number of rotatable bonds is 6. The summed E-state index contributed by atoms with van der Waals surface area (Å²) in [5.74, 6) is 0.829. The zero-order valence-corrected chi connectivity index (χ0v) is 20.6. The molecule has 0 N–H and O–H groups in total. The maximum absolute atomic E-state index is 6.22. The molecular weight excluding hydrogens is 450 g/mol. The standard InChI is InChI=1S/C32H26ClNO/c1-22-8-10-26(11-9-22)32-30(24-12-16-28(33)17-13-24)21-27(20-23-6-4-3-5-7-23)31(34-32)25-14-18-29(35-2)19-15-25/h3-19,21H,20H2,1-2H3. The lowest BCUT2D eigenvalue weighted by atomic mass is 9.92. The SMILES string of the molecule is COc1ccc(-c2nc(-c3ccc(C)cc3)c(-c3ccc(Cl)cc3)cc2Cc2ccccc2)cc1. The molecule has 0 aliphatic carbocycles. The third-order valence-electron chi connectivity index (χ3n) is 6.18. The first-order valence-electron chi connectivity index (χ1n) is 11.7. The molecule has 0 amide bonds. The van der Waals surface area contributed by atoms with Gasteiger partial charge in [-0.05, 0) is 72.5 Å². The van der Waals surface area contributed by atoms with Gasteiger partial charge in [-0.2, -0.15) is 0 Å².